The third-order valence-electron chi connectivity index (χ3n) is 9.11. The molecule has 53 heavy (non-hydrogen) atoms. The number of carbonyl (C=O) groups excluding carboxylic acids is 5. The summed E-state index contributed by atoms with van der Waals surface area (Å²) in [5.41, 5.74) is 8.07. The van der Waals surface area contributed by atoms with Crippen molar-refractivity contribution in [1.82, 2.24) is 20.4 Å². The number of nitrogens with one attached hydrogen (secondary N) is 3. The van der Waals surface area contributed by atoms with E-state index in [1.807, 2.05) is 13.0 Å². The van der Waals surface area contributed by atoms with Crippen molar-refractivity contribution < 1.29 is 38.2 Å². The summed E-state index contributed by atoms with van der Waals surface area (Å²) in [5.74, 6) is -1.03. The molecular weight excluding hydrogens is 680 g/mol. The molecule has 0 radical (unpaired) electrons. The SMILES string of the molecule is Cc1nn(-c2ccc(C(N)=O)c(NC3CCC(OC(=O)[C@H](CCCCNC(=O)OC(C)(C)C)NC(=O)OC(C)(C)C)CC3)c2)c2c1C(=O)CC(C)(C)C2. The van der Waals surface area contributed by atoms with Crippen molar-refractivity contribution in [2.24, 2.45) is 11.1 Å². The second-order valence-electron chi connectivity index (χ2n) is 17.0. The monoisotopic (exact) mass is 738 g/mol. The number of esters is 1. The molecule has 14 heteroatoms. The second-order valence-corrected chi connectivity index (χ2v) is 17.0. The summed E-state index contributed by atoms with van der Waals surface area (Å²) in [4.78, 5) is 63.4. The van der Waals surface area contributed by atoms with Crippen LogP contribution in [0.1, 0.15) is 139 Å². The predicted octanol–water partition coefficient (Wildman–Crippen LogP) is 6.29. The fraction of sp³-hybridized carbons (Fsp3) is 0.641. The molecule has 1 aromatic carbocycles. The van der Waals surface area contributed by atoms with Crippen LogP contribution in [0.15, 0.2) is 18.2 Å². The molecular formula is C39H58N6O8. The maximum Gasteiger partial charge on any atom is 0.408 e. The third-order valence-corrected chi connectivity index (χ3v) is 9.11. The Balaban J connectivity index is 1.38. The van der Waals surface area contributed by atoms with E-state index in [0.29, 0.717) is 86.8 Å². The van der Waals surface area contributed by atoms with Crippen LogP contribution < -0.4 is 21.7 Å². The Bertz CT molecular complexity index is 1680. The van der Waals surface area contributed by atoms with E-state index in [9.17, 15) is 24.0 Å². The number of benzene rings is 1. The van der Waals surface area contributed by atoms with Crippen molar-refractivity contribution in [1.29, 1.82) is 0 Å². The largest absolute Gasteiger partial charge is 0.461 e. The topological polar surface area (TPSA) is 193 Å². The molecule has 3 amide bonds. The van der Waals surface area contributed by atoms with E-state index in [1.165, 1.54) is 0 Å². The molecule has 2 aromatic rings. The summed E-state index contributed by atoms with van der Waals surface area (Å²) < 4.78 is 18.4. The first kappa shape index (κ1) is 41.1. The number of anilines is 1. The molecule has 0 unspecified atom stereocenters. The first-order valence-electron chi connectivity index (χ1n) is 18.6. The van der Waals surface area contributed by atoms with Crippen LogP contribution in [-0.2, 0) is 25.4 Å². The Hall–Kier alpha value is -4.62. The van der Waals surface area contributed by atoms with Gasteiger partial charge in [-0.05, 0) is 123 Å². The highest BCUT2D eigenvalue weighted by Crippen LogP contribution is 2.37. The van der Waals surface area contributed by atoms with Gasteiger partial charge in [0, 0.05) is 24.7 Å². The van der Waals surface area contributed by atoms with Gasteiger partial charge >= 0.3 is 18.2 Å². The Morgan fingerprint density at radius 2 is 1.60 bits per heavy atom. The number of amides is 3. The normalized spacial score (nSPS) is 19.0. The number of nitrogens with zero attached hydrogens (tertiary/aromatic N) is 2. The highest BCUT2D eigenvalue weighted by Gasteiger charge is 2.36. The quantitative estimate of drug-likeness (QED) is 0.109. The average molecular weight is 739 g/mol. The summed E-state index contributed by atoms with van der Waals surface area (Å²) >= 11 is 0. The third kappa shape index (κ3) is 11.9. The van der Waals surface area contributed by atoms with Crippen LogP contribution in [0.4, 0.5) is 15.3 Å². The fourth-order valence-electron chi connectivity index (χ4n) is 6.82. The lowest BCUT2D eigenvalue weighted by Gasteiger charge is -2.31. The standard InChI is InChI=1S/C39H58N6O8/c1-23-32-30(21-39(8,9)22-31(32)46)45(44-23)25-15-18-27(33(40)47)29(20-25)42-24-13-16-26(17-14-24)51-34(48)28(43-36(50)53-38(5,6)7)12-10-11-19-41-35(49)52-37(2,3)4/h15,18,20,24,26,28,42H,10-14,16-17,19,21-22H2,1-9H3,(H2,40,47)(H,41,49)(H,43,50)/t24?,26?,28-/m0/s1. The van der Waals surface area contributed by atoms with Gasteiger partial charge in [0.15, 0.2) is 5.78 Å². The fourth-order valence-corrected chi connectivity index (χ4v) is 6.82. The molecule has 2 aliphatic carbocycles. The Labute approximate surface area is 312 Å². The lowest BCUT2D eigenvalue weighted by molar-refractivity contribution is -0.153. The molecule has 5 N–H and O–H groups in total. The van der Waals surface area contributed by atoms with Crippen molar-refractivity contribution in [3.63, 3.8) is 0 Å². The van der Waals surface area contributed by atoms with Gasteiger partial charge in [0.2, 0.25) is 0 Å². The number of unbranched alkanes of at least 4 members (excludes halogenated alkanes) is 1. The minimum absolute atomic E-state index is 0.0276. The van der Waals surface area contributed by atoms with E-state index >= 15 is 0 Å². The van der Waals surface area contributed by atoms with Gasteiger partial charge < -0.3 is 35.9 Å². The number of alkyl carbamates (subject to hydrolysis) is 2. The van der Waals surface area contributed by atoms with Crippen molar-refractivity contribution in [3.8, 4) is 5.69 Å². The number of Topliss-reactive ketones (excluding diaryl/α,β-unsaturated/α-hetero) is 1. The number of primary amides is 1. The number of ether oxygens (including phenoxy) is 3. The number of hydrogen-bond donors (Lipinski definition) is 4. The molecule has 1 saturated carbocycles. The summed E-state index contributed by atoms with van der Waals surface area (Å²) in [5, 5.41) is 13.6. The minimum Gasteiger partial charge on any atom is -0.461 e. The van der Waals surface area contributed by atoms with Crippen molar-refractivity contribution in [2.45, 2.75) is 149 Å². The van der Waals surface area contributed by atoms with Gasteiger partial charge in [-0.3, -0.25) is 9.59 Å². The molecule has 1 heterocycles. The lowest BCUT2D eigenvalue weighted by atomic mass is 9.75. The smallest absolute Gasteiger partial charge is 0.408 e. The van der Waals surface area contributed by atoms with Crippen LogP contribution in [0, 0.1) is 12.3 Å². The number of aryl methyl sites for hydroxylation is 1. The number of hydrogen-bond acceptors (Lipinski definition) is 10. The minimum atomic E-state index is -0.930. The maximum absolute atomic E-state index is 13.4. The van der Waals surface area contributed by atoms with E-state index in [4.69, 9.17) is 25.0 Å². The predicted molar refractivity (Wildman–Crippen MR) is 200 cm³/mol. The van der Waals surface area contributed by atoms with Gasteiger partial charge in [-0.1, -0.05) is 13.8 Å². The number of nitrogens with two attached hydrogens (primary N) is 1. The highest BCUT2D eigenvalue weighted by molar-refractivity contribution is 6.00. The molecule has 4 rings (SSSR count). The van der Waals surface area contributed by atoms with Crippen LogP contribution >= 0.6 is 0 Å². The van der Waals surface area contributed by atoms with Crippen LogP contribution in [-0.4, -0.2) is 75.6 Å². The van der Waals surface area contributed by atoms with Gasteiger partial charge in [0.1, 0.15) is 23.3 Å². The van der Waals surface area contributed by atoms with Gasteiger partial charge in [-0.2, -0.15) is 5.10 Å². The van der Waals surface area contributed by atoms with Crippen molar-refractivity contribution in [2.75, 3.05) is 11.9 Å². The summed E-state index contributed by atoms with van der Waals surface area (Å²) in [6.45, 7) is 16.9. The molecule has 1 atom stereocenters. The molecule has 0 spiro atoms. The first-order chi connectivity index (χ1) is 24.6. The lowest BCUT2D eigenvalue weighted by Crippen LogP contribution is -2.45. The molecule has 0 bridgehead atoms. The Morgan fingerprint density at radius 1 is 0.962 bits per heavy atom. The van der Waals surface area contributed by atoms with E-state index in [2.05, 4.69) is 29.8 Å². The van der Waals surface area contributed by atoms with Crippen LogP contribution in [0.2, 0.25) is 0 Å². The zero-order valence-electron chi connectivity index (χ0n) is 32.8. The molecule has 0 saturated heterocycles. The number of fused-ring (bicyclic) bond motifs is 1. The molecule has 1 aromatic heterocycles. The van der Waals surface area contributed by atoms with Crippen LogP contribution in [0.3, 0.4) is 0 Å². The molecule has 14 nitrogen and oxygen atoms in total. The van der Waals surface area contributed by atoms with Crippen LogP contribution in [0.5, 0.6) is 0 Å². The second kappa shape index (κ2) is 16.6. The van der Waals surface area contributed by atoms with Crippen molar-refractivity contribution >= 4 is 35.5 Å². The van der Waals surface area contributed by atoms with Crippen molar-refractivity contribution in [3.05, 3.63) is 40.7 Å². The zero-order valence-corrected chi connectivity index (χ0v) is 32.8. The Morgan fingerprint density at radius 3 is 2.23 bits per heavy atom. The van der Waals surface area contributed by atoms with Gasteiger partial charge in [-0.15, -0.1) is 0 Å². The highest BCUT2D eigenvalue weighted by atomic mass is 16.6. The number of ketones is 1. The summed E-state index contributed by atoms with van der Waals surface area (Å²) in [6.07, 6.45) is 3.38. The van der Waals surface area contributed by atoms with Gasteiger partial charge in [0.05, 0.1) is 28.2 Å². The van der Waals surface area contributed by atoms with Gasteiger partial charge in [-0.25, -0.2) is 19.1 Å². The number of rotatable bonds is 12. The molecule has 0 aliphatic heterocycles. The molecule has 1 fully saturated rings. The van der Waals surface area contributed by atoms with Gasteiger partial charge in [0.25, 0.3) is 5.91 Å². The van der Waals surface area contributed by atoms with E-state index in [0.717, 1.165) is 11.4 Å². The van der Waals surface area contributed by atoms with Crippen LogP contribution in [0.25, 0.3) is 5.69 Å². The Kier molecular flexibility index (Phi) is 12.9. The number of aromatic nitrogens is 2. The maximum atomic E-state index is 13.4. The zero-order chi connectivity index (χ0) is 39.3. The molecule has 292 valence electrons. The first-order valence-corrected chi connectivity index (χ1v) is 18.6. The molecule has 2 aliphatic rings. The average Bonchev–Trinajstić information content (AvgIpc) is 3.34. The van der Waals surface area contributed by atoms with E-state index < -0.39 is 41.3 Å². The number of carbonyl (C=O) groups is 5. The summed E-state index contributed by atoms with van der Waals surface area (Å²) in [7, 11) is 0. The van der Waals surface area contributed by atoms with E-state index in [-0.39, 0.29) is 23.3 Å². The van der Waals surface area contributed by atoms with E-state index in [1.54, 1.807) is 58.4 Å². The summed E-state index contributed by atoms with van der Waals surface area (Å²) in [6, 6.07) is 4.36.